The molecule has 1 aliphatic heterocycles. The predicted molar refractivity (Wildman–Crippen MR) is 128 cm³/mol. The van der Waals surface area contributed by atoms with E-state index in [2.05, 4.69) is 33.4 Å². The van der Waals surface area contributed by atoms with E-state index in [0.29, 0.717) is 19.0 Å². The van der Waals surface area contributed by atoms with Crippen LogP contribution in [0.3, 0.4) is 0 Å². The molecule has 1 fully saturated rings. The van der Waals surface area contributed by atoms with Crippen LogP contribution in [0.2, 0.25) is 0 Å². The average molecular weight is 635 g/mol. The second kappa shape index (κ2) is 13.2. The fourth-order valence-corrected chi connectivity index (χ4v) is 6.73. The second-order valence-electron chi connectivity index (χ2n) is 8.24. The SMILES string of the molecule is NCCCCCCNc1nc(=S)c2ncn([C@@H]3O[C@H](COP(=O)([O-])OP(=O)([O-])OP(=O)([O-])O)C(O)[C@@H]3O)c2[nH]1. The van der Waals surface area contributed by atoms with Crippen molar-refractivity contribution in [3.63, 3.8) is 0 Å². The number of hydrogen-bond acceptors (Lipinski definition) is 17. The van der Waals surface area contributed by atoms with Gasteiger partial charge >= 0.3 is 0 Å². The van der Waals surface area contributed by atoms with E-state index in [1.54, 1.807) is 0 Å². The molecular formula is C16H26N6O13P3S-3. The summed E-state index contributed by atoms with van der Waals surface area (Å²) >= 11 is 5.28. The van der Waals surface area contributed by atoms with Crippen LogP contribution < -0.4 is 25.7 Å². The molecule has 23 heteroatoms. The molecular weight excluding hydrogens is 609 g/mol. The number of fused-ring (bicyclic) bond motifs is 1. The van der Waals surface area contributed by atoms with Crippen LogP contribution in [0, 0.1) is 4.64 Å². The zero-order valence-corrected chi connectivity index (χ0v) is 23.4. The maximum atomic E-state index is 11.8. The Kier molecular flexibility index (Phi) is 10.9. The van der Waals surface area contributed by atoms with E-state index in [0.717, 1.165) is 25.7 Å². The number of aromatic nitrogens is 4. The standard InChI is InChI=1S/C16H29N6O13P3S/c17-5-3-1-2-4-6-18-16-20-13-10(14(39)21-16)19-8-22(13)15-12(24)11(23)9(33-15)7-32-37(28,29)35-38(30,31)34-36(25,26)27/h8-9,11-12,15,23-24H,1-7,17H2,(H,28,29)(H,30,31)(H2,25,26,27)(H2,18,20,21,39)/p-3/t9-,11?,12+,15-/m1/s1. The number of imidazole rings is 1. The second-order valence-corrected chi connectivity index (χ2v) is 12.9. The molecule has 0 aromatic carbocycles. The van der Waals surface area contributed by atoms with Gasteiger partial charge in [0.2, 0.25) is 5.95 Å². The number of ether oxygens (including phenoxy) is 1. The molecule has 222 valence electrons. The van der Waals surface area contributed by atoms with E-state index in [-0.39, 0.29) is 15.8 Å². The molecule has 3 heterocycles. The highest BCUT2D eigenvalue weighted by Gasteiger charge is 2.45. The summed E-state index contributed by atoms with van der Waals surface area (Å²) in [5.74, 6) is 0.306. The fourth-order valence-electron chi connectivity index (χ4n) is 3.59. The lowest BCUT2D eigenvalue weighted by molar-refractivity contribution is -0.250. The first-order valence-electron chi connectivity index (χ1n) is 11.3. The predicted octanol–water partition coefficient (Wildman–Crippen LogP) is -1.51. The van der Waals surface area contributed by atoms with Gasteiger partial charge < -0.3 is 55.1 Å². The van der Waals surface area contributed by atoms with Gasteiger partial charge in [0, 0.05) is 6.54 Å². The van der Waals surface area contributed by atoms with Gasteiger partial charge in [0.05, 0.1) is 12.9 Å². The van der Waals surface area contributed by atoms with E-state index < -0.39 is 54.6 Å². The van der Waals surface area contributed by atoms with Gasteiger partial charge in [-0.25, -0.2) is 18.6 Å². The lowest BCUT2D eigenvalue weighted by atomic mass is 10.1. The maximum Gasteiger partial charge on any atom is 0.280 e. The Hall–Kier alpha value is -1.18. The number of aliphatic hydroxyl groups is 2. The molecule has 1 aliphatic rings. The number of rotatable bonds is 15. The van der Waals surface area contributed by atoms with Gasteiger partial charge in [-0.05, 0) is 19.4 Å². The molecule has 3 rings (SSSR count). The van der Waals surface area contributed by atoms with Crippen molar-refractivity contribution in [1.82, 2.24) is 19.5 Å². The van der Waals surface area contributed by atoms with Crippen LogP contribution in [0.5, 0.6) is 0 Å². The summed E-state index contributed by atoms with van der Waals surface area (Å²) in [4.78, 5) is 53.4. The Balaban J connectivity index is 1.68. The Labute approximate surface area is 225 Å². The number of hydrogen-bond donors (Lipinski definition) is 6. The number of nitrogens with two attached hydrogens (primary N) is 1. The highest BCUT2D eigenvalue weighted by Crippen LogP contribution is 2.61. The van der Waals surface area contributed by atoms with E-state index in [1.165, 1.54) is 10.9 Å². The van der Waals surface area contributed by atoms with Gasteiger partial charge in [0.25, 0.3) is 23.5 Å². The smallest absolute Gasteiger partial charge is 0.280 e. The fraction of sp³-hybridized carbons (Fsp3) is 0.688. The van der Waals surface area contributed by atoms with Crippen LogP contribution >= 0.6 is 35.7 Å². The van der Waals surface area contributed by atoms with E-state index in [9.17, 15) is 38.6 Å². The van der Waals surface area contributed by atoms with Crippen molar-refractivity contribution in [2.24, 2.45) is 5.73 Å². The molecule has 0 saturated carbocycles. The first-order valence-corrected chi connectivity index (χ1v) is 16.1. The molecule has 0 spiro atoms. The van der Waals surface area contributed by atoms with Crippen LogP contribution in [0.25, 0.3) is 11.2 Å². The summed E-state index contributed by atoms with van der Waals surface area (Å²) < 4.78 is 51.6. The van der Waals surface area contributed by atoms with Crippen molar-refractivity contribution in [1.29, 1.82) is 0 Å². The van der Waals surface area contributed by atoms with Crippen molar-refractivity contribution in [3.05, 3.63) is 11.0 Å². The van der Waals surface area contributed by atoms with E-state index in [1.807, 2.05) is 0 Å². The zero-order valence-electron chi connectivity index (χ0n) is 19.9. The highest BCUT2D eigenvalue weighted by atomic mass is 32.1. The molecule has 19 nitrogen and oxygen atoms in total. The van der Waals surface area contributed by atoms with Crippen LogP contribution in [0.15, 0.2) is 6.33 Å². The van der Waals surface area contributed by atoms with Crippen molar-refractivity contribution in [3.8, 4) is 0 Å². The molecule has 2 aromatic heterocycles. The minimum atomic E-state index is -6.10. The van der Waals surface area contributed by atoms with Crippen LogP contribution in [0.4, 0.5) is 5.95 Å². The minimum Gasteiger partial charge on any atom is -0.756 e. The Morgan fingerprint density at radius 3 is 2.49 bits per heavy atom. The number of phosphoric ester groups is 1. The first kappa shape index (κ1) is 32.3. The summed E-state index contributed by atoms with van der Waals surface area (Å²) in [6, 6.07) is 0. The third kappa shape index (κ3) is 9.16. The van der Waals surface area contributed by atoms with Crippen LogP contribution in [-0.4, -0.2) is 72.6 Å². The maximum absolute atomic E-state index is 11.8. The zero-order chi connectivity index (χ0) is 29.0. The summed E-state index contributed by atoms with van der Waals surface area (Å²) in [7, 11) is -17.8. The minimum absolute atomic E-state index is 0.125. The molecule has 2 aromatic rings. The summed E-state index contributed by atoms with van der Waals surface area (Å²) in [5.41, 5.74) is 5.98. The molecule has 4 unspecified atom stereocenters. The molecule has 1 saturated heterocycles. The number of aromatic amines is 1. The Morgan fingerprint density at radius 1 is 1.13 bits per heavy atom. The molecule has 7 atom stereocenters. The number of unbranched alkanes of at least 4 members (excludes halogenated alkanes) is 3. The summed E-state index contributed by atoms with van der Waals surface area (Å²) in [6.45, 7) is 0.134. The highest BCUT2D eigenvalue weighted by molar-refractivity contribution is 7.71. The monoisotopic (exact) mass is 635 g/mol. The van der Waals surface area contributed by atoms with Gasteiger partial charge in [-0.3, -0.25) is 18.3 Å². The topological polar surface area (TPSA) is 303 Å². The van der Waals surface area contributed by atoms with Crippen molar-refractivity contribution >= 4 is 52.8 Å². The van der Waals surface area contributed by atoms with Gasteiger partial charge in [-0.2, -0.15) is 0 Å². The number of phosphoric acid groups is 3. The van der Waals surface area contributed by atoms with Gasteiger partial charge in [-0.15, -0.1) is 0 Å². The largest absolute Gasteiger partial charge is 0.756 e. The lowest BCUT2D eigenvalue weighted by Crippen LogP contribution is -2.34. The quantitative estimate of drug-likeness (QED) is 0.0735. The number of aliphatic hydroxyl groups excluding tert-OH is 2. The number of anilines is 1. The molecule has 0 radical (unpaired) electrons. The number of nitrogens with zero attached hydrogens (tertiary/aromatic N) is 3. The van der Waals surface area contributed by atoms with Crippen molar-refractivity contribution in [2.75, 3.05) is 25.0 Å². The lowest BCUT2D eigenvalue weighted by Gasteiger charge is -2.33. The van der Waals surface area contributed by atoms with E-state index in [4.69, 9.17) is 27.6 Å². The van der Waals surface area contributed by atoms with Gasteiger partial charge in [0.1, 0.15) is 29.5 Å². The first-order chi connectivity index (χ1) is 18.1. The average Bonchev–Trinajstić information content (AvgIpc) is 3.34. The van der Waals surface area contributed by atoms with E-state index >= 15 is 0 Å². The third-order valence-corrected chi connectivity index (χ3v) is 9.26. The molecule has 7 N–H and O–H groups in total. The Morgan fingerprint density at radius 2 is 1.82 bits per heavy atom. The molecule has 39 heavy (non-hydrogen) atoms. The molecule has 0 bridgehead atoms. The molecule has 0 amide bonds. The number of H-pyrrole nitrogens is 1. The summed E-state index contributed by atoms with van der Waals surface area (Å²) in [5, 5.41) is 24.0. The van der Waals surface area contributed by atoms with Gasteiger partial charge in [-0.1, -0.05) is 25.1 Å². The third-order valence-electron chi connectivity index (χ3n) is 5.28. The van der Waals surface area contributed by atoms with Crippen molar-refractivity contribution < 1.29 is 61.4 Å². The summed E-state index contributed by atoms with van der Waals surface area (Å²) in [6.07, 6.45) is -1.32. The van der Waals surface area contributed by atoms with Crippen LogP contribution in [0.1, 0.15) is 31.9 Å². The van der Waals surface area contributed by atoms with Crippen LogP contribution in [-0.2, 0) is 31.6 Å². The normalized spacial score (nSPS) is 26.2. The Bertz CT molecular complexity index is 1340. The van der Waals surface area contributed by atoms with Crippen molar-refractivity contribution in [2.45, 2.75) is 50.2 Å². The molecule has 0 aliphatic carbocycles. The number of nitrogens with one attached hydrogen (secondary N) is 2. The van der Waals surface area contributed by atoms with Gasteiger partial charge in [0.15, 0.2) is 10.9 Å².